The molecule has 4 aromatic rings. The van der Waals surface area contributed by atoms with Crippen LogP contribution in [-0.2, 0) is 0 Å². The van der Waals surface area contributed by atoms with Crippen LogP contribution < -0.4 is 14.7 Å². The Hall–Kier alpha value is -3.73. The lowest BCUT2D eigenvalue weighted by Gasteiger charge is -2.23. The average Bonchev–Trinajstić information content (AvgIpc) is 3.35. The molecule has 0 saturated carbocycles. The molecular weight excluding hydrogens is 466 g/mol. The summed E-state index contributed by atoms with van der Waals surface area (Å²) in [6.45, 7) is 17.2. The van der Waals surface area contributed by atoms with Gasteiger partial charge in [0, 0.05) is 74.0 Å². The minimum atomic E-state index is 0.889. The maximum atomic E-state index is 5.22. The Kier molecular flexibility index (Phi) is 8.45. The van der Waals surface area contributed by atoms with Crippen molar-refractivity contribution < 1.29 is 0 Å². The summed E-state index contributed by atoms with van der Waals surface area (Å²) in [5, 5.41) is 0. The van der Waals surface area contributed by atoms with Gasteiger partial charge in [-0.05, 0) is 101 Å². The van der Waals surface area contributed by atoms with Crippen LogP contribution in [0.1, 0.15) is 38.8 Å². The molecule has 0 spiro atoms. The molecule has 0 radical (unpaired) electrons. The molecule has 0 saturated heterocycles. The number of rotatable bonds is 10. The van der Waals surface area contributed by atoms with E-state index < -0.39 is 0 Å². The number of aryl methyl sites for hydroxylation is 2. The molecule has 1 N–H and O–H groups in total. The molecule has 0 aliphatic rings. The SMILES string of the molecule is CCN(CC)c1ccc(-c2nc(-c3ccc(N(C)C)cc3)[nH]c2-c2ccc(N(CC)CC)cc2C)c(C)c1. The fourth-order valence-electron chi connectivity index (χ4n) is 5.23. The first-order valence-electron chi connectivity index (χ1n) is 13.9. The zero-order valence-electron chi connectivity index (χ0n) is 24.4. The van der Waals surface area contributed by atoms with Crippen LogP contribution >= 0.6 is 0 Å². The highest BCUT2D eigenvalue weighted by Gasteiger charge is 2.19. The van der Waals surface area contributed by atoms with Gasteiger partial charge in [0.15, 0.2) is 0 Å². The second-order valence-electron chi connectivity index (χ2n) is 10.1. The average molecular weight is 510 g/mol. The van der Waals surface area contributed by atoms with Gasteiger partial charge in [0.2, 0.25) is 0 Å². The maximum Gasteiger partial charge on any atom is 0.138 e. The lowest BCUT2D eigenvalue weighted by Crippen LogP contribution is -2.21. The third kappa shape index (κ3) is 5.42. The van der Waals surface area contributed by atoms with Crippen molar-refractivity contribution in [2.24, 2.45) is 0 Å². The number of nitrogens with one attached hydrogen (secondary N) is 1. The van der Waals surface area contributed by atoms with E-state index in [0.29, 0.717) is 0 Å². The number of nitrogens with zero attached hydrogens (tertiary/aromatic N) is 4. The van der Waals surface area contributed by atoms with E-state index in [1.54, 1.807) is 0 Å². The van der Waals surface area contributed by atoms with Crippen molar-refractivity contribution in [3.8, 4) is 33.9 Å². The normalized spacial score (nSPS) is 11.1. The molecule has 1 aromatic heterocycles. The molecule has 0 atom stereocenters. The third-order valence-electron chi connectivity index (χ3n) is 7.56. The minimum absolute atomic E-state index is 0.889. The summed E-state index contributed by atoms with van der Waals surface area (Å²) in [5.74, 6) is 0.889. The second-order valence-corrected chi connectivity index (χ2v) is 10.1. The summed E-state index contributed by atoms with van der Waals surface area (Å²) >= 11 is 0. The Morgan fingerprint density at radius 3 is 1.55 bits per heavy atom. The molecule has 1 heterocycles. The van der Waals surface area contributed by atoms with E-state index >= 15 is 0 Å². The van der Waals surface area contributed by atoms with E-state index in [1.807, 2.05) is 0 Å². The fourth-order valence-corrected chi connectivity index (χ4v) is 5.23. The summed E-state index contributed by atoms with van der Waals surface area (Å²) < 4.78 is 0. The number of imidazole rings is 1. The number of benzene rings is 3. The summed E-state index contributed by atoms with van der Waals surface area (Å²) in [6.07, 6.45) is 0. The molecular formula is C33H43N5. The predicted octanol–water partition coefficient (Wildman–Crippen LogP) is 7.79. The molecule has 0 aliphatic carbocycles. The first-order chi connectivity index (χ1) is 18.3. The molecule has 3 aromatic carbocycles. The van der Waals surface area contributed by atoms with Crippen LogP contribution in [0.25, 0.3) is 33.9 Å². The van der Waals surface area contributed by atoms with Crippen molar-refractivity contribution in [3.63, 3.8) is 0 Å². The number of H-pyrrole nitrogens is 1. The summed E-state index contributed by atoms with van der Waals surface area (Å²) in [6, 6.07) is 22.1. The van der Waals surface area contributed by atoms with Crippen molar-refractivity contribution in [3.05, 3.63) is 71.8 Å². The maximum absolute atomic E-state index is 5.22. The van der Waals surface area contributed by atoms with Gasteiger partial charge in [0.25, 0.3) is 0 Å². The van der Waals surface area contributed by atoms with Gasteiger partial charge >= 0.3 is 0 Å². The van der Waals surface area contributed by atoms with Crippen LogP contribution in [0.3, 0.4) is 0 Å². The number of aromatic amines is 1. The monoisotopic (exact) mass is 509 g/mol. The highest BCUT2D eigenvalue weighted by Crippen LogP contribution is 2.38. The smallest absolute Gasteiger partial charge is 0.138 e. The summed E-state index contributed by atoms with van der Waals surface area (Å²) in [7, 11) is 4.13. The van der Waals surface area contributed by atoms with Crippen LogP contribution in [0.15, 0.2) is 60.7 Å². The highest BCUT2D eigenvalue weighted by molar-refractivity contribution is 5.85. The van der Waals surface area contributed by atoms with E-state index in [1.165, 1.54) is 33.8 Å². The minimum Gasteiger partial charge on any atom is -0.378 e. The highest BCUT2D eigenvalue weighted by atomic mass is 15.1. The number of aromatic nitrogens is 2. The predicted molar refractivity (Wildman–Crippen MR) is 166 cm³/mol. The topological polar surface area (TPSA) is 38.4 Å². The van der Waals surface area contributed by atoms with E-state index in [0.717, 1.165) is 54.5 Å². The van der Waals surface area contributed by atoms with Gasteiger partial charge < -0.3 is 19.7 Å². The van der Waals surface area contributed by atoms with E-state index in [9.17, 15) is 0 Å². The van der Waals surface area contributed by atoms with Gasteiger partial charge in [-0.3, -0.25) is 0 Å². The number of hydrogen-bond acceptors (Lipinski definition) is 4. The first kappa shape index (κ1) is 27.3. The standard InChI is InChI=1S/C33H43N5/c1-9-37(10-2)27-17-19-29(23(5)21-27)31-32(30-20-18-28(22-24(30)6)38(11-3)12-4)35-33(34-31)25-13-15-26(16-14-25)36(7)8/h13-22H,9-12H2,1-8H3,(H,34,35). The van der Waals surface area contributed by atoms with Gasteiger partial charge in [-0.2, -0.15) is 0 Å². The number of anilines is 3. The molecule has 0 bridgehead atoms. The van der Waals surface area contributed by atoms with Crippen molar-refractivity contribution in [2.75, 3.05) is 55.0 Å². The van der Waals surface area contributed by atoms with Crippen LogP contribution in [0, 0.1) is 13.8 Å². The molecule has 0 fully saturated rings. The summed E-state index contributed by atoms with van der Waals surface area (Å²) in [4.78, 5) is 15.8. The second kappa shape index (κ2) is 11.8. The van der Waals surface area contributed by atoms with Crippen molar-refractivity contribution in [1.82, 2.24) is 9.97 Å². The zero-order valence-corrected chi connectivity index (χ0v) is 24.4. The van der Waals surface area contributed by atoms with Gasteiger partial charge in [-0.15, -0.1) is 0 Å². The number of hydrogen-bond donors (Lipinski definition) is 1. The van der Waals surface area contributed by atoms with Crippen LogP contribution in [-0.4, -0.2) is 50.2 Å². The Balaban J connectivity index is 1.86. The molecule has 38 heavy (non-hydrogen) atoms. The van der Waals surface area contributed by atoms with E-state index in [-0.39, 0.29) is 0 Å². The fraction of sp³-hybridized carbons (Fsp3) is 0.364. The molecule has 0 aliphatic heterocycles. The Morgan fingerprint density at radius 1 is 0.632 bits per heavy atom. The Labute approximate surface area is 229 Å². The molecule has 5 heteroatoms. The largest absolute Gasteiger partial charge is 0.378 e. The molecule has 5 nitrogen and oxygen atoms in total. The molecule has 200 valence electrons. The Bertz CT molecular complexity index is 1280. The Morgan fingerprint density at radius 2 is 1.11 bits per heavy atom. The van der Waals surface area contributed by atoms with Gasteiger partial charge in [0.05, 0.1) is 11.4 Å². The van der Waals surface area contributed by atoms with Crippen molar-refractivity contribution in [2.45, 2.75) is 41.5 Å². The lowest BCUT2D eigenvalue weighted by molar-refractivity contribution is 0.865. The third-order valence-corrected chi connectivity index (χ3v) is 7.56. The van der Waals surface area contributed by atoms with Gasteiger partial charge in [-0.1, -0.05) is 12.1 Å². The quantitative estimate of drug-likeness (QED) is 0.237. The van der Waals surface area contributed by atoms with Gasteiger partial charge in [0.1, 0.15) is 5.82 Å². The first-order valence-corrected chi connectivity index (χ1v) is 13.9. The molecule has 4 rings (SSSR count). The van der Waals surface area contributed by atoms with Crippen LogP contribution in [0.2, 0.25) is 0 Å². The lowest BCUT2D eigenvalue weighted by atomic mass is 9.97. The van der Waals surface area contributed by atoms with Crippen LogP contribution in [0.5, 0.6) is 0 Å². The van der Waals surface area contributed by atoms with E-state index in [4.69, 9.17) is 4.98 Å². The van der Waals surface area contributed by atoms with Crippen LogP contribution in [0.4, 0.5) is 17.1 Å². The summed E-state index contributed by atoms with van der Waals surface area (Å²) in [5.41, 5.74) is 11.7. The van der Waals surface area contributed by atoms with Crippen molar-refractivity contribution in [1.29, 1.82) is 0 Å². The van der Waals surface area contributed by atoms with Gasteiger partial charge in [-0.25, -0.2) is 4.98 Å². The molecule has 0 amide bonds. The zero-order chi connectivity index (χ0) is 27.4. The van der Waals surface area contributed by atoms with Crippen molar-refractivity contribution >= 4 is 17.1 Å². The van der Waals surface area contributed by atoms with E-state index in [2.05, 4.69) is 136 Å². The molecule has 0 unspecified atom stereocenters.